The van der Waals surface area contributed by atoms with Gasteiger partial charge in [0.1, 0.15) is 5.69 Å². The number of nitrogens with one attached hydrogen (secondary N) is 1. The van der Waals surface area contributed by atoms with Crippen molar-refractivity contribution in [2.75, 3.05) is 5.73 Å². The van der Waals surface area contributed by atoms with Crippen molar-refractivity contribution in [3.8, 4) is 22.5 Å². The number of carbonyl (C=O) groups excluding carboxylic acids is 1. The van der Waals surface area contributed by atoms with Gasteiger partial charge < -0.3 is 5.73 Å². The summed E-state index contributed by atoms with van der Waals surface area (Å²) in [7, 11) is 0. The summed E-state index contributed by atoms with van der Waals surface area (Å²) in [6, 6.07) is 13.4. The number of rotatable bonds is 5. The number of aromatic nitrogens is 4. The minimum Gasteiger partial charge on any atom is -0.382 e. The number of carbonyl (C=O) groups is 1. The van der Waals surface area contributed by atoms with Gasteiger partial charge in [0, 0.05) is 22.9 Å². The summed E-state index contributed by atoms with van der Waals surface area (Å²) in [4.78, 5) is 22.1. The number of Topliss-reactive ketones (excluding diaryl/α,β-unsaturated/α-hetero) is 1. The Hall–Kier alpha value is -3.25. The van der Waals surface area contributed by atoms with Crippen LogP contribution in [0.2, 0.25) is 5.02 Å². The van der Waals surface area contributed by atoms with Crippen LogP contribution in [0, 0.1) is 5.92 Å². The summed E-state index contributed by atoms with van der Waals surface area (Å²) >= 11 is 6.45. The Balaban J connectivity index is 1.72. The molecule has 0 radical (unpaired) electrons. The quantitative estimate of drug-likeness (QED) is 0.461. The maximum absolute atomic E-state index is 12.8. The second kappa shape index (κ2) is 6.97. The van der Waals surface area contributed by atoms with Gasteiger partial charge in [0.25, 0.3) is 0 Å². The first-order valence-corrected chi connectivity index (χ1v) is 9.87. The van der Waals surface area contributed by atoms with Crippen LogP contribution in [-0.4, -0.2) is 25.9 Å². The SMILES string of the molecule is Nc1nc(-c2ccccc2)c(-c2cc(Cl)c3[nH]ncc3c2)nc1C(=O)CC1CC1. The molecule has 1 aliphatic carbocycles. The number of anilines is 1. The maximum Gasteiger partial charge on any atom is 0.185 e. The van der Waals surface area contributed by atoms with Crippen molar-refractivity contribution in [3.63, 3.8) is 0 Å². The first kappa shape index (κ1) is 17.8. The van der Waals surface area contributed by atoms with E-state index in [0.29, 0.717) is 28.7 Å². The van der Waals surface area contributed by atoms with Crippen LogP contribution in [0.4, 0.5) is 5.82 Å². The summed E-state index contributed by atoms with van der Waals surface area (Å²) in [6.45, 7) is 0. The van der Waals surface area contributed by atoms with Crippen LogP contribution in [0.15, 0.2) is 48.7 Å². The molecule has 5 rings (SSSR count). The second-order valence-corrected chi connectivity index (χ2v) is 7.79. The van der Waals surface area contributed by atoms with E-state index >= 15 is 0 Å². The summed E-state index contributed by atoms with van der Waals surface area (Å²) < 4.78 is 0. The summed E-state index contributed by atoms with van der Waals surface area (Å²) in [5.74, 6) is 0.542. The molecule has 3 N–H and O–H groups in total. The molecule has 1 aliphatic rings. The molecule has 7 heteroatoms. The first-order valence-electron chi connectivity index (χ1n) is 9.49. The number of nitrogen functional groups attached to an aromatic ring is 1. The monoisotopic (exact) mass is 403 g/mol. The second-order valence-electron chi connectivity index (χ2n) is 7.38. The van der Waals surface area contributed by atoms with Crippen LogP contribution in [0.5, 0.6) is 0 Å². The number of fused-ring (bicyclic) bond motifs is 1. The lowest BCUT2D eigenvalue weighted by molar-refractivity contribution is 0.0972. The van der Waals surface area contributed by atoms with Crippen LogP contribution in [-0.2, 0) is 0 Å². The molecule has 1 fully saturated rings. The number of nitrogens with zero attached hydrogens (tertiary/aromatic N) is 3. The van der Waals surface area contributed by atoms with E-state index in [-0.39, 0.29) is 17.3 Å². The largest absolute Gasteiger partial charge is 0.382 e. The minimum absolute atomic E-state index is 0.0613. The average Bonchev–Trinajstić information content (AvgIpc) is 3.40. The van der Waals surface area contributed by atoms with Crippen molar-refractivity contribution >= 4 is 34.1 Å². The maximum atomic E-state index is 12.8. The lowest BCUT2D eigenvalue weighted by atomic mass is 10.0. The zero-order valence-corrected chi connectivity index (χ0v) is 16.3. The predicted molar refractivity (Wildman–Crippen MR) is 114 cm³/mol. The van der Waals surface area contributed by atoms with E-state index < -0.39 is 0 Å². The van der Waals surface area contributed by atoms with Crippen LogP contribution in [0.1, 0.15) is 29.8 Å². The normalized spacial score (nSPS) is 13.7. The number of aromatic amines is 1. The molecule has 29 heavy (non-hydrogen) atoms. The molecule has 144 valence electrons. The number of benzene rings is 2. The highest BCUT2D eigenvalue weighted by Gasteiger charge is 2.28. The van der Waals surface area contributed by atoms with Crippen LogP contribution in [0.3, 0.4) is 0 Å². The van der Waals surface area contributed by atoms with Gasteiger partial charge in [0.15, 0.2) is 11.6 Å². The molecule has 6 nitrogen and oxygen atoms in total. The molecule has 0 amide bonds. The van der Waals surface area contributed by atoms with Gasteiger partial charge >= 0.3 is 0 Å². The number of hydrogen-bond acceptors (Lipinski definition) is 5. The van der Waals surface area contributed by atoms with Crippen LogP contribution in [0.25, 0.3) is 33.4 Å². The predicted octanol–water partition coefficient (Wildman–Crippen LogP) is 4.91. The van der Waals surface area contributed by atoms with E-state index in [2.05, 4.69) is 15.2 Å². The van der Waals surface area contributed by atoms with E-state index in [9.17, 15) is 4.79 Å². The Morgan fingerprint density at radius 2 is 1.86 bits per heavy atom. The zero-order valence-electron chi connectivity index (χ0n) is 15.5. The van der Waals surface area contributed by atoms with Gasteiger partial charge in [0.2, 0.25) is 0 Å². The number of hydrogen-bond donors (Lipinski definition) is 2. The molecule has 2 aromatic heterocycles. The van der Waals surface area contributed by atoms with Gasteiger partial charge in [-0.05, 0) is 30.9 Å². The lowest BCUT2D eigenvalue weighted by Gasteiger charge is -2.13. The smallest absolute Gasteiger partial charge is 0.185 e. The standard InChI is InChI=1S/C22H18ClN5O/c23-16-10-14(9-15-11-25-28-18(15)16)20-19(13-4-2-1-3-5-13)27-22(24)21(26-20)17(29)8-12-6-7-12/h1-5,9-12H,6-8H2,(H2,24,27)(H,25,28). The summed E-state index contributed by atoms with van der Waals surface area (Å²) in [5, 5.41) is 8.33. The van der Waals surface area contributed by atoms with E-state index in [1.54, 1.807) is 6.20 Å². The molecular weight excluding hydrogens is 386 g/mol. The van der Waals surface area contributed by atoms with Crippen molar-refractivity contribution in [2.45, 2.75) is 19.3 Å². The molecule has 2 heterocycles. The van der Waals surface area contributed by atoms with Crippen molar-refractivity contribution < 1.29 is 4.79 Å². The van der Waals surface area contributed by atoms with E-state index in [1.165, 1.54) is 0 Å². The van der Waals surface area contributed by atoms with Gasteiger partial charge in [-0.25, -0.2) is 9.97 Å². The summed E-state index contributed by atoms with van der Waals surface area (Å²) in [5.41, 5.74) is 9.98. The first-order chi connectivity index (χ1) is 14.1. The van der Waals surface area contributed by atoms with E-state index in [1.807, 2.05) is 42.5 Å². The molecule has 0 spiro atoms. The molecule has 0 atom stereocenters. The van der Waals surface area contributed by atoms with E-state index in [4.69, 9.17) is 22.3 Å². The molecule has 0 aliphatic heterocycles. The number of nitrogens with two attached hydrogens (primary N) is 1. The van der Waals surface area contributed by atoms with Crippen molar-refractivity contribution in [1.29, 1.82) is 0 Å². The van der Waals surface area contributed by atoms with E-state index in [0.717, 1.165) is 34.9 Å². The molecular formula is C22H18ClN5O. The van der Waals surface area contributed by atoms with Gasteiger partial charge in [-0.1, -0.05) is 41.9 Å². The Kier molecular flexibility index (Phi) is 4.28. The Bertz CT molecular complexity index is 1230. The number of halogens is 1. The Labute approximate surface area is 172 Å². The molecule has 0 bridgehead atoms. The fourth-order valence-corrected chi connectivity index (χ4v) is 3.75. The molecule has 1 saturated carbocycles. The molecule has 4 aromatic rings. The van der Waals surface area contributed by atoms with Gasteiger partial charge in [-0.2, -0.15) is 5.10 Å². The molecule has 0 unspecified atom stereocenters. The highest BCUT2D eigenvalue weighted by atomic mass is 35.5. The molecule has 2 aromatic carbocycles. The van der Waals surface area contributed by atoms with Crippen molar-refractivity contribution in [3.05, 3.63) is 59.4 Å². The fraction of sp³-hybridized carbons (Fsp3) is 0.182. The van der Waals surface area contributed by atoms with Gasteiger partial charge in [0.05, 0.1) is 28.1 Å². The third-order valence-corrected chi connectivity index (χ3v) is 5.48. The highest BCUT2D eigenvalue weighted by Crippen LogP contribution is 2.37. The highest BCUT2D eigenvalue weighted by molar-refractivity contribution is 6.35. The topological polar surface area (TPSA) is 97.6 Å². The van der Waals surface area contributed by atoms with Gasteiger partial charge in [-0.3, -0.25) is 9.89 Å². The lowest BCUT2D eigenvalue weighted by Crippen LogP contribution is -2.11. The minimum atomic E-state index is -0.0613. The van der Waals surface area contributed by atoms with Crippen molar-refractivity contribution in [1.82, 2.24) is 20.2 Å². The summed E-state index contributed by atoms with van der Waals surface area (Å²) in [6.07, 6.45) is 4.34. The number of H-pyrrole nitrogens is 1. The Morgan fingerprint density at radius 3 is 2.62 bits per heavy atom. The zero-order chi connectivity index (χ0) is 20.0. The average molecular weight is 404 g/mol. The molecule has 0 saturated heterocycles. The van der Waals surface area contributed by atoms with Gasteiger partial charge in [-0.15, -0.1) is 0 Å². The fourth-order valence-electron chi connectivity index (χ4n) is 3.48. The van der Waals surface area contributed by atoms with Crippen LogP contribution < -0.4 is 5.73 Å². The van der Waals surface area contributed by atoms with Crippen LogP contribution >= 0.6 is 11.6 Å². The Morgan fingerprint density at radius 1 is 1.10 bits per heavy atom. The van der Waals surface area contributed by atoms with Crippen molar-refractivity contribution in [2.24, 2.45) is 5.92 Å². The third-order valence-electron chi connectivity index (χ3n) is 5.18. The third kappa shape index (κ3) is 3.36. The number of ketones is 1.